The molecule has 23 heavy (non-hydrogen) atoms. The van der Waals surface area contributed by atoms with Crippen molar-refractivity contribution in [1.82, 2.24) is 19.9 Å². The molecule has 0 saturated carbocycles. The Morgan fingerprint density at radius 1 is 1.22 bits per heavy atom. The van der Waals surface area contributed by atoms with Crippen molar-refractivity contribution in [2.45, 2.75) is 20.0 Å². The summed E-state index contributed by atoms with van der Waals surface area (Å²) in [6, 6.07) is 10.6. The van der Waals surface area contributed by atoms with Crippen molar-refractivity contribution < 1.29 is 0 Å². The van der Waals surface area contributed by atoms with Crippen molar-refractivity contribution in [3.63, 3.8) is 0 Å². The number of rotatable bonds is 6. The fourth-order valence-electron chi connectivity index (χ4n) is 2.50. The van der Waals surface area contributed by atoms with Crippen LogP contribution in [0.4, 0.5) is 5.82 Å². The molecule has 120 valence electrons. The van der Waals surface area contributed by atoms with Crippen LogP contribution in [0.15, 0.2) is 41.3 Å². The molecule has 0 fully saturated rings. The van der Waals surface area contributed by atoms with Gasteiger partial charge in [-0.1, -0.05) is 31.2 Å². The summed E-state index contributed by atoms with van der Waals surface area (Å²) < 4.78 is 0.903. The van der Waals surface area contributed by atoms with Gasteiger partial charge < -0.3 is 15.2 Å². The molecule has 0 aliphatic carbocycles. The van der Waals surface area contributed by atoms with E-state index in [0.717, 1.165) is 41.1 Å². The molecule has 0 spiro atoms. The molecule has 2 N–H and O–H groups in total. The van der Waals surface area contributed by atoms with Gasteiger partial charge in [-0.15, -0.1) is 0 Å². The molecular weight excluding hydrogens is 354 g/mol. The van der Waals surface area contributed by atoms with E-state index in [-0.39, 0.29) is 0 Å². The fraction of sp³-hybridized carbons (Fsp3) is 0.294. The molecular formula is C17H20BrN5. The van der Waals surface area contributed by atoms with Crippen LogP contribution < -0.4 is 5.32 Å². The van der Waals surface area contributed by atoms with Gasteiger partial charge in [0.25, 0.3) is 0 Å². The summed E-state index contributed by atoms with van der Waals surface area (Å²) >= 11 is 3.44. The van der Waals surface area contributed by atoms with E-state index in [1.807, 2.05) is 6.07 Å². The molecule has 5 nitrogen and oxygen atoms in total. The Hall–Kier alpha value is -1.92. The van der Waals surface area contributed by atoms with Crippen LogP contribution in [0.2, 0.25) is 0 Å². The predicted octanol–water partition coefficient (Wildman–Crippen LogP) is 3.78. The van der Waals surface area contributed by atoms with Crippen molar-refractivity contribution in [3.8, 4) is 0 Å². The van der Waals surface area contributed by atoms with E-state index < -0.39 is 0 Å². The van der Waals surface area contributed by atoms with Gasteiger partial charge in [0.2, 0.25) is 0 Å². The molecule has 0 bridgehead atoms. The Morgan fingerprint density at radius 2 is 2.04 bits per heavy atom. The summed E-state index contributed by atoms with van der Waals surface area (Å²) in [4.78, 5) is 14.0. The Balaban J connectivity index is 1.73. The summed E-state index contributed by atoms with van der Waals surface area (Å²) in [5, 5.41) is 4.39. The SMILES string of the molecule is CCN(C)Cc1cccc(CNc2ncnc3[nH]c(Br)cc23)c1. The molecule has 0 amide bonds. The molecule has 0 saturated heterocycles. The first kappa shape index (κ1) is 16.0. The van der Waals surface area contributed by atoms with E-state index in [9.17, 15) is 0 Å². The van der Waals surface area contributed by atoms with Crippen LogP contribution in [0, 0.1) is 0 Å². The third-order valence-electron chi connectivity index (χ3n) is 3.84. The van der Waals surface area contributed by atoms with E-state index in [1.165, 1.54) is 11.1 Å². The van der Waals surface area contributed by atoms with Crippen LogP contribution in [0.1, 0.15) is 18.1 Å². The normalized spacial score (nSPS) is 11.3. The van der Waals surface area contributed by atoms with E-state index in [1.54, 1.807) is 6.33 Å². The fourth-order valence-corrected chi connectivity index (χ4v) is 2.91. The smallest absolute Gasteiger partial charge is 0.143 e. The molecule has 1 aromatic carbocycles. The molecule has 2 heterocycles. The minimum absolute atomic E-state index is 0.735. The van der Waals surface area contributed by atoms with Crippen LogP contribution in [0.5, 0.6) is 0 Å². The number of aromatic amines is 1. The number of hydrogen-bond donors (Lipinski definition) is 2. The molecule has 2 aromatic heterocycles. The Morgan fingerprint density at radius 3 is 2.87 bits per heavy atom. The summed E-state index contributed by atoms with van der Waals surface area (Å²) in [6.07, 6.45) is 1.57. The summed E-state index contributed by atoms with van der Waals surface area (Å²) in [5.74, 6) is 0.841. The number of halogens is 1. The van der Waals surface area contributed by atoms with Gasteiger partial charge >= 0.3 is 0 Å². The summed E-state index contributed by atoms with van der Waals surface area (Å²) in [5.41, 5.74) is 3.40. The first-order valence-corrected chi connectivity index (χ1v) is 8.44. The minimum atomic E-state index is 0.735. The first-order chi connectivity index (χ1) is 11.2. The van der Waals surface area contributed by atoms with Gasteiger partial charge in [-0.3, -0.25) is 0 Å². The van der Waals surface area contributed by atoms with Gasteiger partial charge in [-0.2, -0.15) is 0 Å². The van der Waals surface area contributed by atoms with Gasteiger partial charge in [0.1, 0.15) is 17.8 Å². The molecule has 0 aliphatic heterocycles. The summed E-state index contributed by atoms with van der Waals surface area (Å²) in [7, 11) is 2.13. The van der Waals surface area contributed by atoms with Crippen LogP contribution in [-0.4, -0.2) is 33.4 Å². The van der Waals surface area contributed by atoms with Crippen molar-refractivity contribution in [1.29, 1.82) is 0 Å². The second-order valence-electron chi connectivity index (χ2n) is 5.61. The third kappa shape index (κ3) is 3.89. The largest absolute Gasteiger partial charge is 0.365 e. The Labute approximate surface area is 144 Å². The number of hydrogen-bond acceptors (Lipinski definition) is 4. The van der Waals surface area contributed by atoms with Crippen molar-refractivity contribution >= 4 is 32.8 Å². The average molecular weight is 374 g/mol. The topological polar surface area (TPSA) is 56.8 Å². The van der Waals surface area contributed by atoms with E-state index in [2.05, 4.69) is 79.3 Å². The van der Waals surface area contributed by atoms with Crippen LogP contribution >= 0.6 is 15.9 Å². The zero-order chi connectivity index (χ0) is 16.2. The van der Waals surface area contributed by atoms with E-state index >= 15 is 0 Å². The Kier molecular flexibility index (Phi) is 4.93. The standard InChI is InChI=1S/C17H20BrN5/c1-3-23(2)10-13-6-4-5-12(7-13)9-19-16-14-8-15(18)22-17(14)21-11-20-16/h4-8,11H,3,9-10H2,1-2H3,(H2,19,20,21,22). The second-order valence-corrected chi connectivity index (χ2v) is 6.46. The number of nitrogens with one attached hydrogen (secondary N) is 2. The van der Waals surface area contributed by atoms with Crippen molar-refractivity contribution in [2.24, 2.45) is 0 Å². The quantitative estimate of drug-likeness (QED) is 0.690. The Bertz CT molecular complexity index is 799. The van der Waals surface area contributed by atoms with Gasteiger partial charge in [0.15, 0.2) is 0 Å². The van der Waals surface area contributed by atoms with Crippen molar-refractivity contribution in [3.05, 3.63) is 52.4 Å². The molecule has 0 atom stereocenters. The summed E-state index contributed by atoms with van der Waals surface area (Å²) in [6.45, 7) is 4.91. The van der Waals surface area contributed by atoms with Gasteiger partial charge in [-0.05, 0) is 46.7 Å². The lowest BCUT2D eigenvalue weighted by molar-refractivity contribution is 0.345. The highest BCUT2D eigenvalue weighted by molar-refractivity contribution is 9.10. The molecule has 3 aromatic rings. The van der Waals surface area contributed by atoms with Gasteiger partial charge in [0, 0.05) is 13.1 Å². The lowest BCUT2D eigenvalue weighted by Crippen LogP contribution is -2.16. The maximum atomic E-state index is 4.35. The van der Waals surface area contributed by atoms with Crippen molar-refractivity contribution in [2.75, 3.05) is 18.9 Å². The second kappa shape index (κ2) is 7.10. The number of nitrogens with zero attached hydrogens (tertiary/aromatic N) is 3. The maximum absolute atomic E-state index is 4.35. The molecule has 0 aliphatic rings. The maximum Gasteiger partial charge on any atom is 0.143 e. The van der Waals surface area contributed by atoms with Crippen LogP contribution in [0.3, 0.4) is 0 Å². The number of benzene rings is 1. The lowest BCUT2D eigenvalue weighted by atomic mass is 10.1. The van der Waals surface area contributed by atoms with Gasteiger partial charge in [0.05, 0.1) is 9.99 Å². The highest BCUT2D eigenvalue weighted by Gasteiger charge is 2.07. The zero-order valence-corrected chi connectivity index (χ0v) is 14.9. The molecule has 3 rings (SSSR count). The van der Waals surface area contributed by atoms with E-state index in [4.69, 9.17) is 0 Å². The average Bonchev–Trinajstić information content (AvgIpc) is 2.94. The molecule has 0 radical (unpaired) electrons. The number of anilines is 1. The minimum Gasteiger partial charge on any atom is -0.365 e. The lowest BCUT2D eigenvalue weighted by Gasteiger charge is -2.14. The monoisotopic (exact) mass is 373 g/mol. The molecule has 0 unspecified atom stereocenters. The first-order valence-electron chi connectivity index (χ1n) is 7.65. The highest BCUT2D eigenvalue weighted by Crippen LogP contribution is 2.23. The van der Waals surface area contributed by atoms with E-state index in [0.29, 0.717) is 0 Å². The van der Waals surface area contributed by atoms with Crippen LogP contribution in [0.25, 0.3) is 11.0 Å². The number of fused-ring (bicyclic) bond motifs is 1. The number of H-pyrrole nitrogens is 1. The predicted molar refractivity (Wildman–Crippen MR) is 97.4 cm³/mol. The van der Waals surface area contributed by atoms with Crippen LogP contribution in [-0.2, 0) is 13.1 Å². The molecule has 6 heteroatoms. The highest BCUT2D eigenvalue weighted by atomic mass is 79.9. The third-order valence-corrected chi connectivity index (χ3v) is 4.26. The van der Waals surface area contributed by atoms with Gasteiger partial charge in [-0.25, -0.2) is 9.97 Å². The zero-order valence-electron chi connectivity index (χ0n) is 13.3. The number of aromatic nitrogens is 3.